The summed E-state index contributed by atoms with van der Waals surface area (Å²) in [5.74, 6) is 0. The van der Waals surface area contributed by atoms with Gasteiger partial charge in [0, 0.05) is 7.97 Å². The van der Waals surface area contributed by atoms with Crippen molar-refractivity contribution in [3.63, 3.8) is 0 Å². The van der Waals surface area contributed by atoms with Crippen molar-refractivity contribution in [1.82, 2.24) is 4.90 Å². The van der Waals surface area contributed by atoms with E-state index < -0.39 is 0 Å². The summed E-state index contributed by atoms with van der Waals surface area (Å²) in [5, 5.41) is 0. The summed E-state index contributed by atoms with van der Waals surface area (Å²) in [6.07, 6.45) is 0. The van der Waals surface area contributed by atoms with Crippen LogP contribution in [0.4, 0.5) is 0 Å². The van der Waals surface area contributed by atoms with Gasteiger partial charge in [0.15, 0.2) is 0 Å². The molecule has 0 saturated carbocycles. The monoisotopic (exact) mass is 231 g/mol. The minimum atomic E-state index is 0. The molecule has 1 aromatic rings. The van der Waals surface area contributed by atoms with Crippen LogP contribution < -0.4 is 0 Å². The smallest absolute Gasteiger partial charge is 0.780 e. The Labute approximate surface area is 91.5 Å². The van der Waals surface area contributed by atoms with Crippen LogP contribution in [0.5, 0.6) is 0 Å². The molecule has 0 atom stereocenters. The minimum absolute atomic E-state index is 0. The normalized spacial score (nSPS) is 9.58. The van der Waals surface area contributed by atoms with Crippen molar-refractivity contribution >= 4 is 12.6 Å². The molecule has 3 heteroatoms. The Kier molecular flexibility index (Phi) is 5.51. The molecular weight excluding hydrogens is 218 g/mol. The number of nitrogens with zero attached hydrogens (tertiary/aromatic N) is 1. The van der Waals surface area contributed by atoms with Gasteiger partial charge >= 0.3 is 17.1 Å². The van der Waals surface area contributed by atoms with E-state index in [9.17, 15) is 0 Å². The van der Waals surface area contributed by atoms with Crippen molar-refractivity contribution < 1.29 is 18.5 Å². The predicted molar refractivity (Wildman–Crippen MR) is 51.6 cm³/mol. The van der Waals surface area contributed by atoms with Gasteiger partial charge in [0.05, 0.1) is 0 Å². The molecule has 0 fully saturated rings. The van der Waals surface area contributed by atoms with Gasteiger partial charge in [0.2, 0.25) is 0 Å². The summed E-state index contributed by atoms with van der Waals surface area (Å²) in [5.41, 5.74) is 1.31. The summed E-state index contributed by atoms with van der Waals surface area (Å²) in [6, 6.07) is 8.08. The summed E-state index contributed by atoms with van der Waals surface area (Å²) in [4.78, 5) is 3.05. The fourth-order valence-corrected chi connectivity index (χ4v) is 1.10. The molecule has 0 aromatic heterocycles. The van der Waals surface area contributed by atoms with E-state index in [1.165, 1.54) is 5.56 Å². The van der Waals surface area contributed by atoms with Gasteiger partial charge in [-0.1, -0.05) is 24.3 Å². The Bertz CT molecular complexity index is 226. The molecular formula is C9H14CuNS. The number of rotatable bonds is 2. The first-order chi connectivity index (χ1) is 5.18. The molecule has 0 aliphatic rings. The molecule has 1 aromatic carbocycles. The zero-order valence-corrected chi connectivity index (χ0v) is 8.93. The second-order valence-electron chi connectivity index (χ2n) is 2.88. The SMILES string of the molecule is CN(C)Cc1ccc([S-])cc1.[Cu+].[HH]. The largest absolute Gasteiger partial charge is 1.00 e. The average Bonchev–Trinajstić information content (AvgIpc) is 1.93. The Morgan fingerprint density at radius 3 is 2.17 bits per heavy atom. The van der Waals surface area contributed by atoms with Crippen LogP contribution >= 0.6 is 0 Å². The van der Waals surface area contributed by atoms with Crippen LogP contribution in [-0.4, -0.2) is 19.0 Å². The van der Waals surface area contributed by atoms with Crippen LogP contribution in [-0.2, 0) is 36.2 Å². The average molecular weight is 232 g/mol. The quantitative estimate of drug-likeness (QED) is 0.565. The molecule has 0 heterocycles. The molecule has 72 valence electrons. The fraction of sp³-hybridized carbons (Fsp3) is 0.333. The molecule has 1 nitrogen and oxygen atoms in total. The summed E-state index contributed by atoms with van der Waals surface area (Å²) >= 11 is 4.97. The van der Waals surface area contributed by atoms with E-state index >= 15 is 0 Å². The molecule has 0 bridgehead atoms. The van der Waals surface area contributed by atoms with E-state index in [2.05, 4.69) is 31.1 Å². The van der Waals surface area contributed by atoms with Crippen molar-refractivity contribution in [1.29, 1.82) is 0 Å². The molecule has 0 unspecified atom stereocenters. The molecule has 0 aliphatic carbocycles. The third-order valence-corrected chi connectivity index (χ3v) is 1.69. The third kappa shape index (κ3) is 4.07. The van der Waals surface area contributed by atoms with Gasteiger partial charge in [-0.05, 0) is 19.7 Å². The van der Waals surface area contributed by atoms with Crippen molar-refractivity contribution in [3.05, 3.63) is 29.8 Å². The van der Waals surface area contributed by atoms with Gasteiger partial charge in [-0.3, -0.25) is 0 Å². The van der Waals surface area contributed by atoms with E-state index in [0.29, 0.717) is 0 Å². The van der Waals surface area contributed by atoms with E-state index in [4.69, 9.17) is 12.6 Å². The van der Waals surface area contributed by atoms with Crippen LogP contribution in [0.1, 0.15) is 6.99 Å². The summed E-state index contributed by atoms with van der Waals surface area (Å²) in [6.45, 7) is 0.982. The maximum Gasteiger partial charge on any atom is 1.00 e. The molecule has 0 amide bonds. The van der Waals surface area contributed by atoms with Crippen LogP contribution in [0.25, 0.3) is 0 Å². The van der Waals surface area contributed by atoms with Gasteiger partial charge in [-0.15, -0.1) is 0 Å². The minimum Gasteiger partial charge on any atom is -0.780 e. The van der Waals surface area contributed by atoms with Crippen molar-refractivity contribution in [2.75, 3.05) is 14.1 Å². The van der Waals surface area contributed by atoms with Gasteiger partial charge in [-0.2, -0.15) is 4.90 Å². The summed E-state index contributed by atoms with van der Waals surface area (Å²) < 4.78 is 0. The first kappa shape index (κ1) is 11.9. The maximum atomic E-state index is 4.97. The van der Waals surface area contributed by atoms with Crippen LogP contribution in [0.2, 0.25) is 0 Å². The van der Waals surface area contributed by atoms with Crippen LogP contribution in [0, 0.1) is 0 Å². The molecule has 0 saturated heterocycles. The third-order valence-electron chi connectivity index (χ3n) is 1.42. The second-order valence-corrected chi connectivity index (χ2v) is 3.35. The zero-order chi connectivity index (χ0) is 8.27. The Morgan fingerprint density at radius 2 is 1.75 bits per heavy atom. The van der Waals surface area contributed by atoms with Gasteiger partial charge < -0.3 is 17.5 Å². The van der Waals surface area contributed by atoms with Gasteiger partial charge in [-0.25, -0.2) is 0 Å². The zero-order valence-electron chi connectivity index (χ0n) is 7.17. The van der Waals surface area contributed by atoms with E-state index in [-0.39, 0.29) is 18.5 Å². The van der Waals surface area contributed by atoms with E-state index in [1.54, 1.807) is 0 Å². The van der Waals surface area contributed by atoms with E-state index in [0.717, 1.165) is 11.4 Å². The van der Waals surface area contributed by atoms with E-state index in [1.807, 2.05) is 12.1 Å². The molecule has 1 rings (SSSR count). The standard InChI is InChI=1S/C9H13NS.Cu.H2/c1-10(2)7-8-3-5-9(11)6-4-8;;/h3-6,11H,7H2,1-2H3;;1H/q;+1;/p-1. The summed E-state index contributed by atoms with van der Waals surface area (Å²) in [7, 11) is 4.11. The van der Waals surface area contributed by atoms with Crippen molar-refractivity contribution in [2.24, 2.45) is 0 Å². The van der Waals surface area contributed by atoms with Gasteiger partial charge in [0.1, 0.15) is 0 Å². The van der Waals surface area contributed by atoms with Crippen LogP contribution in [0.3, 0.4) is 0 Å². The molecule has 0 aliphatic heterocycles. The number of benzene rings is 1. The Morgan fingerprint density at radius 1 is 1.25 bits per heavy atom. The molecule has 0 spiro atoms. The van der Waals surface area contributed by atoms with Crippen molar-refractivity contribution in [3.8, 4) is 0 Å². The van der Waals surface area contributed by atoms with Crippen molar-refractivity contribution in [2.45, 2.75) is 11.4 Å². The number of hydrogen-bond acceptors (Lipinski definition) is 2. The molecule has 0 N–H and O–H groups in total. The Hall–Kier alpha value is -0.0805. The topological polar surface area (TPSA) is 3.24 Å². The first-order valence-corrected chi connectivity index (χ1v) is 4.00. The maximum absolute atomic E-state index is 4.97. The van der Waals surface area contributed by atoms with Crippen LogP contribution in [0.15, 0.2) is 29.2 Å². The second kappa shape index (κ2) is 5.55. The predicted octanol–water partition coefficient (Wildman–Crippen LogP) is 1.90. The Balaban J connectivity index is 0. The first-order valence-electron chi connectivity index (χ1n) is 3.59. The fourth-order valence-electron chi connectivity index (χ4n) is 0.960. The molecule has 12 heavy (non-hydrogen) atoms. The number of hydrogen-bond donors (Lipinski definition) is 0. The molecule has 0 radical (unpaired) electrons. The van der Waals surface area contributed by atoms with Gasteiger partial charge in [0.25, 0.3) is 0 Å².